The van der Waals surface area contributed by atoms with Gasteiger partial charge < -0.3 is 10.6 Å². The first-order chi connectivity index (χ1) is 7.72. The molecule has 16 heavy (non-hydrogen) atoms. The lowest BCUT2D eigenvalue weighted by Crippen LogP contribution is -2.32. The zero-order chi connectivity index (χ0) is 12.2. The minimum absolute atomic E-state index is 0.700. The van der Waals surface area contributed by atoms with Crippen LogP contribution in [0.1, 0.15) is 65.7 Å². The lowest BCUT2D eigenvalue weighted by molar-refractivity contribution is 0.212. The minimum atomic E-state index is 0.700. The molecule has 0 heterocycles. The van der Waals surface area contributed by atoms with E-state index < -0.39 is 0 Å². The van der Waals surface area contributed by atoms with Crippen LogP contribution in [-0.4, -0.2) is 30.6 Å². The maximum atomic E-state index is 5.49. The van der Waals surface area contributed by atoms with Crippen LogP contribution in [0.2, 0.25) is 0 Å². The van der Waals surface area contributed by atoms with Gasteiger partial charge in [0.1, 0.15) is 0 Å². The van der Waals surface area contributed by atoms with Crippen molar-refractivity contribution in [2.24, 2.45) is 5.73 Å². The van der Waals surface area contributed by atoms with E-state index in [2.05, 4.69) is 25.7 Å². The zero-order valence-corrected chi connectivity index (χ0v) is 11.7. The third-order valence-corrected chi connectivity index (χ3v) is 3.18. The standard InChI is InChI=1S/C14H32N2/c1-4-5-9-12-16(14(2)3)13-10-7-6-8-11-15/h14H,4-13,15H2,1-3H3. The molecule has 0 radical (unpaired) electrons. The van der Waals surface area contributed by atoms with Crippen molar-refractivity contribution in [3.8, 4) is 0 Å². The van der Waals surface area contributed by atoms with E-state index in [4.69, 9.17) is 5.73 Å². The van der Waals surface area contributed by atoms with E-state index in [-0.39, 0.29) is 0 Å². The van der Waals surface area contributed by atoms with Gasteiger partial charge in [-0.25, -0.2) is 0 Å². The van der Waals surface area contributed by atoms with Gasteiger partial charge in [-0.05, 0) is 52.7 Å². The van der Waals surface area contributed by atoms with Crippen LogP contribution in [0.3, 0.4) is 0 Å². The quantitative estimate of drug-likeness (QED) is 0.549. The lowest BCUT2D eigenvalue weighted by atomic mass is 10.1. The zero-order valence-electron chi connectivity index (χ0n) is 11.7. The van der Waals surface area contributed by atoms with Crippen LogP contribution in [0.15, 0.2) is 0 Å². The number of unbranched alkanes of at least 4 members (excludes halogenated alkanes) is 5. The monoisotopic (exact) mass is 228 g/mol. The number of hydrogen-bond acceptors (Lipinski definition) is 2. The van der Waals surface area contributed by atoms with Crippen molar-refractivity contribution < 1.29 is 0 Å². The molecule has 2 heteroatoms. The fraction of sp³-hybridized carbons (Fsp3) is 1.00. The van der Waals surface area contributed by atoms with Gasteiger partial charge in [0.25, 0.3) is 0 Å². The second kappa shape index (κ2) is 11.4. The Bertz CT molecular complexity index is 135. The minimum Gasteiger partial charge on any atom is -0.330 e. The van der Waals surface area contributed by atoms with Gasteiger partial charge in [0, 0.05) is 6.04 Å². The Kier molecular flexibility index (Phi) is 11.3. The Hall–Kier alpha value is -0.0800. The van der Waals surface area contributed by atoms with E-state index in [1.165, 1.54) is 58.0 Å². The highest BCUT2D eigenvalue weighted by atomic mass is 15.1. The van der Waals surface area contributed by atoms with Crippen LogP contribution in [0, 0.1) is 0 Å². The summed E-state index contributed by atoms with van der Waals surface area (Å²) in [5, 5.41) is 0. The first kappa shape index (κ1) is 15.9. The Labute approximate surface area is 103 Å². The summed E-state index contributed by atoms with van der Waals surface area (Å²) in [6, 6.07) is 0.700. The average molecular weight is 228 g/mol. The first-order valence-electron chi connectivity index (χ1n) is 7.16. The summed E-state index contributed by atoms with van der Waals surface area (Å²) in [4.78, 5) is 2.62. The highest BCUT2D eigenvalue weighted by Gasteiger charge is 2.07. The van der Waals surface area contributed by atoms with Crippen molar-refractivity contribution in [3.05, 3.63) is 0 Å². The number of nitrogens with zero attached hydrogens (tertiary/aromatic N) is 1. The Balaban J connectivity index is 3.52. The number of hydrogen-bond donors (Lipinski definition) is 1. The highest BCUT2D eigenvalue weighted by molar-refractivity contribution is 4.63. The highest BCUT2D eigenvalue weighted by Crippen LogP contribution is 2.07. The van der Waals surface area contributed by atoms with E-state index in [9.17, 15) is 0 Å². The van der Waals surface area contributed by atoms with Crippen molar-refractivity contribution >= 4 is 0 Å². The van der Waals surface area contributed by atoms with Crippen molar-refractivity contribution in [1.29, 1.82) is 0 Å². The molecule has 0 fully saturated rings. The number of rotatable bonds is 11. The van der Waals surface area contributed by atoms with Crippen LogP contribution in [0.5, 0.6) is 0 Å². The molecule has 0 spiro atoms. The van der Waals surface area contributed by atoms with Gasteiger partial charge in [0.2, 0.25) is 0 Å². The summed E-state index contributed by atoms with van der Waals surface area (Å²) in [6.45, 7) is 10.3. The Morgan fingerprint density at radius 3 is 1.94 bits per heavy atom. The molecule has 0 saturated heterocycles. The molecule has 0 aliphatic heterocycles. The molecular weight excluding hydrogens is 196 g/mol. The number of nitrogens with two attached hydrogens (primary N) is 1. The predicted octanol–water partition coefficient (Wildman–Crippen LogP) is 3.41. The molecule has 0 amide bonds. The van der Waals surface area contributed by atoms with Gasteiger partial charge >= 0.3 is 0 Å². The predicted molar refractivity (Wildman–Crippen MR) is 73.8 cm³/mol. The average Bonchev–Trinajstić information content (AvgIpc) is 2.26. The summed E-state index contributed by atoms with van der Waals surface area (Å²) >= 11 is 0. The maximum Gasteiger partial charge on any atom is 0.00385 e. The summed E-state index contributed by atoms with van der Waals surface area (Å²) in [7, 11) is 0. The molecule has 0 bridgehead atoms. The fourth-order valence-electron chi connectivity index (χ4n) is 2.01. The van der Waals surface area contributed by atoms with Gasteiger partial charge in [-0.15, -0.1) is 0 Å². The van der Waals surface area contributed by atoms with Gasteiger partial charge in [-0.1, -0.05) is 32.6 Å². The SMILES string of the molecule is CCCCCN(CCCCCCN)C(C)C. The maximum absolute atomic E-state index is 5.49. The largest absolute Gasteiger partial charge is 0.330 e. The van der Waals surface area contributed by atoms with Crippen LogP contribution in [0.25, 0.3) is 0 Å². The van der Waals surface area contributed by atoms with E-state index in [0.29, 0.717) is 6.04 Å². The Morgan fingerprint density at radius 1 is 0.875 bits per heavy atom. The third-order valence-electron chi connectivity index (χ3n) is 3.18. The van der Waals surface area contributed by atoms with Crippen molar-refractivity contribution in [3.63, 3.8) is 0 Å². The summed E-state index contributed by atoms with van der Waals surface area (Å²) in [6.07, 6.45) is 9.23. The van der Waals surface area contributed by atoms with Crippen molar-refractivity contribution in [2.45, 2.75) is 71.8 Å². The second-order valence-electron chi connectivity index (χ2n) is 5.04. The van der Waals surface area contributed by atoms with Crippen LogP contribution < -0.4 is 5.73 Å². The molecule has 0 unspecified atom stereocenters. The van der Waals surface area contributed by atoms with Crippen molar-refractivity contribution in [1.82, 2.24) is 4.90 Å². The van der Waals surface area contributed by atoms with Gasteiger partial charge in [0.15, 0.2) is 0 Å². The molecule has 0 aliphatic rings. The van der Waals surface area contributed by atoms with E-state index in [1.807, 2.05) is 0 Å². The van der Waals surface area contributed by atoms with Gasteiger partial charge in [0.05, 0.1) is 0 Å². The third kappa shape index (κ3) is 9.17. The van der Waals surface area contributed by atoms with E-state index in [0.717, 1.165) is 6.54 Å². The lowest BCUT2D eigenvalue weighted by Gasteiger charge is -2.26. The molecule has 0 saturated carbocycles. The van der Waals surface area contributed by atoms with Crippen molar-refractivity contribution in [2.75, 3.05) is 19.6 Å². The molecule has 2 nitrogen and oxygen atoms in total. The second-order valence-corrected chi connectivity index (χ2v) is 5.04. The van der Waals surface area contributed by atoms with Gasteiger partial charge in [-0.2, -0.15) is 0 Å². The molecule has 0 aliphatic carbocycles. The van der Waals surface area contributed by atoms with E-state index >= 15 is 0 Å². The first-order valence-corrected chi connectivity index (χ1v) is 7.16. The van der Waals surface area contributed by atoms with E-state index in [1.54, 1.807) is 0 Å². The van der Waals surface area contributed by atoms with Gasteiger partial charge in [-0.3, -0.25) is 0 Å². The summed E-state index contributed by atoms with van der Waals surface area (Å²) < 4.78 is 0. The summed E-state index contributed by atoms with van der Waals surface area (Å²) in [5.74, 6) is 0. The van der Waals surface area contributed by atoms with Crippen LogP contribution >= 0.6 is 0 Å². The molecular formula is C14H32N2. The molecule has 0 aromatic heterocycles. The Morgan fingerprint density at radius 2 is 1.44 bits per heavy atom. The molecule has 0 atom stereocenters. The summed E-state index contributed by atoms with van der Waals surface area (Å²) in [5.41, 5.74) is 5.49. The topological polar surface area (TPSA) is 29.3 Å². The molecule has 0 rings (SSSR count). The smallest absolute Gasteiger partial charge is 0.00385 e. The normalized spacial score (nSPS) is 11.6. The molecule has 0 aromatic carbocycles. The molecule has 2 N–H and O–H groups in total. The molecule has 0 aromatic rings. The van der Waals surface area contributed by atoms with Crippen LogP contribution in [0.4, 0.5) is 0 Å². The van der Waals surface area contributed by atoms with Crippen LogP contribution in [-0.2, 0) is 0 Å². The molecule has 98 valence electrons. The fourth-order valence-corrected chi connectivity index (χ4v) is 2.01.